The maximum absolute atomic E-state index is 8.67. The monoisotopic (exact) mass is 205 g/mol. The van der Waals surface area contributed by atoms with E-state index in [4.69, 9.17) is 10.00 Å². The van der Waals surface area contributed by atoms with E-state index in [0.717, 1.165) is 0 Å². The Morgan fingerprint density at radius 1 is 1.60 bits per heavy atom. The van der Waals surface area contributed by atoms with Crippen molar-refractivity contribution in [3.8, 4) is 6.07 Å². The van der Waals surface area contributed by atoms with Crippen molar-refractivity contribution in [2.24, 2.45) is 0 Å². The lowest BCUT2D eigenvalue weighted by atomic mass is 10.3. The molecule has 1 unspecified atom stereocenters. The lowest BCUT2D eigenvalue weighted by Gasteiger charge is -2.13. The van der Waals surface area contributed by atoms with Gasteiger partial charge in [-0.3, -0.25) is 0 Å². The molecule has 1 N–H and O–H groups in total. The highest BCUT2D eigenvalue weighted by molar-refractivity contribution is 5.39. The van der Waals surface area contributed by atoms with E-state index in [2.05, 4.69) is 10.3 Å². The first kappa shape index (κ1) is 11.5. The van der Waals surface area contributed by atoms with Crippen molar-refractivity contribution in [3.63, 3.8) is 0 Å². The lowest BCUT2D eigenvalue weighted by Crippen LogP contribution is -2.22. The molecule has 0 radical (unpaired) electrons. The standard InChI is InChI=1S/C11H15N3O/c1-3-15-8-9(2)13-11-6-4-5-10(7-12)14-11/h4-6,9H,3,8H2,1-2H3,(H,13,14). The van der Waals surface area contributed by atoms with E-state index in [9.17, 15) is 0 Å². The SMILES string of the molecule is CCOCC(C)Nc1cccc(C#N)n1. The fraction of sp³-hybridized carbons (Fsp3) is 0.455. The summed E-state index contributed by atoms with van der Waals surface area (Å²) in [5.74, 6) is 0.709. The van der Waals surface area contributed by atoms with Gasteiger partial charge in [0.15, 0.2) is 0 Å². The van der Waals surface area contributed by atoms with Crippen molar-refractivity contribution < 1.29 is 4.74 Å². The van der Waals surface area contributed by atoms with E-state index in [-0.39, 0.29) is 6.04 Å². The molecule has 4 heteroatoms. The van der Waals surface area contributed by atoms with Gasteiger partial charge in [-0.05, 0) is 26.0 Å². The minimum absolute atomic E-state index is 0.186. The van der Waals surface area contributed by atoms with E-state index < -0.39 is 0 Å². The minimum Gasteiger partial charge on any atom is -0.380 e. The van der Waals surface area contributed by atoms with Crippen LogP contribution >= 0.6 is 0 Å². The van der Waals surface area contributed by atoms with Crippen LogP contribution in [-0.2, 0) is 4.74 Å². The van der Waals surface area contributed by atoms with E-state index in [1.165, 1.54) is 0 Å². The third-order valence-electron chi connectivity index (χ3n) is 1.83. The van der Waals surface area contributed by atoms with Crippen molar-refractivity contribution in [1.82, 2.24) is 4.98 Å². The number of hydrogen-bond acceptors (Lipinski definition) is 4. The molecule has 1 aromatic heterocycles. The molecule has 0 amide bonds. The van der Waals surface area contributed by atoms with E-state index >= 15 is 0 Å². The lowest BCUT2D eigenvalue weighted by molar-refractivity contribution is 0.141. The predicted molar refractivity (Wildman–Crippen MR) is 58.5 cm³/mol. The summed E-state index contributed by atoms with van der Waals surface area (Å²) in [5.41, 5.74) is 0.420. The van der Waals surface area contributed by atoms with Gasteiger partial charge in [0.2, 0.25) is 0 Å². The molecule has 1 heterocycles. The Hall–Kier alpha value is -1.60. The second kappa shape index (κ2) is 5.99. The van der Waals surface area contributed by atoms with Crippen molar-refractivity contribution >= 4 is 5.82 Å². The summed E-state index contributed by atoms with van der Waals surface area (Å²) in [7, 11) is 0. The average Bonchev–Trinajstić information content (AvgIpc) is 2.26. The molecule has 0 saturated heterocycles. The zero-order valence-corrected chi connectivity index (χ0v) is 9.03. The summed E-state index contributed by atoms with van der Waals surface area (Å²) in [5, 5.41) is 11.8. The first-order valence-corrected chi connectivity index (χ1v) is 4.97. The molecule has 1 rings (SSSR count). The van der Waals surface area contributed by atoms with Crippen molar-refractivity contribution in [1.29, 1.82) is 5.26 Å². The first-order chi connectivity index (χ1) is 7.26. The Labute approximate surface area is 89.9 Å². The smallest absolute Gasteiger partial charge is 0.142 e. The van der Waals surface area contributed by atoms with Crippen LogP contribution in [-0.4, -0.2) is 24.2 Å². The van der Waals surface area contributed by atoms with Crippen LogP contribution in [0.2, 0.25) is 0 Å². The summed E-state index contributed by atoms with van der Waals surface area (Å²) in [4.78, 5) is 4.11. The third kappa shape index (κ3) is 3.96. The van der Waals surface area contributed by atoms with Gasteiger partial charge in [0.05, 0.1) is 6.61 Å². The number of nitriles is 1. The highest BCUT2D eigenvalue weighted by Crippen LogP contribution is 2.05. The van der Waals surface area contributed by atoms with Gasteiger partial charge < -0.3 is 10.1 Å². The van der Waals surface area contributed by atoms with Gasteiger partial charge in [0.1, 0.15) is 17.6 Å². The Kier molecular flexibility index (Phi) is 4.58. The fourth-order valence-electron chi connectivity index (χ4n) is 1.17. The van der Waals surface area contributed by atoms with Crippen LogP contribution in [0.4, 0.5) is 5.82 Å². The van der Waals surface area contributed by atoms with Gasteiger partial charge in [0.25, 0.3) is 0 Å². The Morgan fingerprint density at radius 2 is 2.40 bits per heavy atom. The second-order valence-electron chi connectivity index (χ2n) is 3.22. The Balaban J connectivity index is 2.53. The molecule has 0 aliphatic rings. The van der Waals surface area contributed by atoms with Crippen LogP contribution in [0.3, 0.4) is 0 Å². The molecule has 80 valence electrons. The Morgan fingerprint density at radius 3 is 3.07 bits per heavy atom. The maximum atomic E-state index is 8.67. The van der Waals surface area contributed by atoms with Crippen LogP contribution in [0.1, 0.15) is 19.5 Å². The number of nitrogens with one attached hydrogen (secondary N) is 1. The number of hydrogen-bond donors (Lipinski definition) is 1. The molecule has 0 aromatic carbocycles. The number of nitrogens with zero attached hydrogens (tertiary/aromatic N) is 2. The zero-order chi connectivity index (χ0) is 11.1. The molecule has 15 heavy (non-hydrogen) atoms. The quantitative estimate of drug-likeness (QED) is 0.796. The zero-order valence-electron chi connectivity index (χ0n) is 9.03. The highest BCUT2D eigenvalue weighted by Gasteiger charge is 2.02. The molecular weight excluding hydrogens is 190 g/mol. The second-order valence-corrected chi connectivity index (χ2v) is 3.22. The molecular formula is C11H15N3O. The molecule has 0 bridgehead atoms. The number of aromatic nitrogens is 1. The van der Waals surface area contributed by atoms with Gasteiger partial charge >= 0.3 is 0 Å². The summed E-state index contributed by atoms with van der Waals surface area (Å²) in [6.45, 7) is 5.31. The minimum atomic E-state index is 0.186. The molecule has 0 spiro atoms. The van der Waals surface area contributed by atoms with E-state index in [0.29, 0.717) is 24.7 Å². The molecule has 0 saturated carbocycles. The van der Waals surface area contributed by atoms with Crippen molar-refractivity contribution in [2.75, 3.05) is 18.5 Å². The largest absolute Gasteiger partial charge is 0.380 e. The molecule has 1 aromatic rings. The van der Waals surface area contributed by atoms with E-state index in [1.54, 1.807) is 12.1 Å². The number of pyridine rings is 1. The molecule has 0 fully saturated rings. The van der Waals surface area contributed by atoms with Crippen LogP contribution in [0, 0.1) is 11.3 Å². The van der Waals surface area contributed by atoms with Gasteiger partial charge in [-0.2, -0.15) is 5.26 Å². The van der Waals surface area contributed by atoms with Gasteiger partial charge in [-0.25, -0.2) is 4.98 Å². The van der Waals surface area contributed by atoms with Gasteiger partial charge in [-0.1, -0.05) is 6.07 Å². The average molecular weight is 205 g/mol. The van der Waals surface area contributed by atoms with Crippen molar-refractivity contribution in [2.45, 2.75) is 19.9 Å². The highest BCUT2D eigenvalue weighted by atomic mass is 16.5. The molecule has 0 aliphatic heterocycles. The van der Waals surface area contributed by atoms with Crippen molar-refractivity contribution in [3.05, 3.63) is 23.9 Å². The molecule has 0 aliphatic carbocycles. The maximum Gasteiger partial charge on any atom is 0.142 e. The van der Waals surface area contributed by atoms with Crippen LogP contribution < -0.4 is 5.32 Å². The Bertz CT molecular complexity index is 346. The van der Waals surface area contributed by atoms with Crippen LogP contribution in [0.25, 0.3) is 0 Å². The van der Waals surface area contributed by atoms with Crippen LogP contribution in [0.5, 0.6) is 0 Å². The number of ether oxygens (including phenoxy) is 1. The fourth-order valence-corrected chi connectivity index (χ4v) is 1.17. The number of rotatable bonds is 5. The summed E-state index contributed by atoms with van der Waals surface area (Å²) >= 11 is 0. The van der Waals surface area contributed by atoms with Crippen LogP contribution in [0.15, 0.2) is 18.2 Å². The summed E-state index contributed by atoms with van der Waals surface area (Å²) in [6, 6.07) is 7.51. The number of anilines is 1. The summed E-state index contributed by atoms with van der Waals surface area (Å²) < 4.78 is 5.27. The molecule has 4 nitrogen and oxygen atoms in total. The predicted octanol–water partition coefficient (Wildman–Crippen LogP) is 1.79. The third-order valence-corrected chi connectivity index (χ3v) is 1.83. The summed E-state index contributed by atoms with van der Waals surface area (Å²) in [6.07, 6.45) is 0. The van der Waals surface area contributed by atoms with Gasteiger partial charge in [0, 0.05) is 12.6 Å². The normalized spacial score (nSPS) is 11.8. The first-order valence-electron chi connectivity index (χ1n) is 4.97. The topological polar surface area (TPSA) is 57.9 Å². The van der Waals surface area contributed by atoms with Gasteiger partial charge in [-0.15, -0.1) is 0 Å². The molecule has 1 atom stereocenters. The van der Waals surface area contributed by atoms with E-state index in [1.807, 2.05) is 26.0 Å².